The van der Waals surface area contributed by atoms with Crippen LogP contribution in [0.5, 0.6) is 0 Å². The standard InChI is InChI=1S/C27H50N4O5.C20H28N4O2S.CH4O/c1-9-11-21(29-27(35)25(18(4)5)30-26(34)24(28-7)17(2)3)22(36-8)15-23(33)31-13-10-12-20(31)14-19(6)16-32;1-11-10-27-18(23-11)8-13(21-2)7-17-14-5-6-16-15(19(16)20(25)26)4-3-12(14)9-22-24-17;1-2/h16-22,24-25,28H,9-15H2,1-8H3,(H,29,35)(H,30,34);9-10,12-13,15-16,19,21,24H,3-8H2,1-2H3,(H,25,26);2H,1H3. The van der Waals surface area contributed by atoms with Crippen LogP contribution >= 0.6 is 11.3 Å². The zero-order valence-electron chi connectivity index (χ0n) is 41.0. The number of carbonyl (C=O) groups excluding carboxylic acids is 4. The number of likely N-dealkylation sites (tertiary alicyclic amines) is 1. The molecule has 1 saturated heterocycles. The summed E-state index contributed by atoms with van der Waals surface area (Å²) in [6, 6.07) is -1.09. The molecule has 3 heterocycles. The molecule has 11 unspecified atom stereocenters. The number of aldehydes is 1. The summed E-state index contributed by atoms with van der Waals surface area (Å²) >= 11 is 1.72. The number of likely N-dealkylation sites (N-methyl/N-ethyl adjacent to an activating group) is 2. The molecule has 4 aliphatic rings. The Bertz CT molecular complexity index is 1740. The number of allylic oxidation sites excluding steroid dienone is 1. The van der Waals surface area contributed by atoms with Crippen molar-refractivity contribution in [1.82, 2.24) is 36.6 Å². The fourth-order valence-corrected chi connectivity index (χ4v) is 10.8. The molecule has 16 nitrogen and oxygen atoms in total. The van der Waals surface area contributed by atoms with Gasteiger partial charge in [0.2, 0.25) is 17.7 Å². The van der Waals surface area contributed by atoms with E-state index < -0.39 is 24.2 Å². The van der Waals surface area contributed by atoms with Gasteiger partial charge in [-0.3, -0.25) is 24.6 Å². The Labute approximate surface area is 392 Å². The van der Waals surface area contributed by atoms with Crippen molar-refractivity contribution in [1.29, 1.82) is 0 Å². The number of hydrogen-bond acceptors (Lipinski definition) is 13. The molecule has 0 radical (unpaired) electrons. The van der Waals surface area contributed by atoms with E-state index in [-0.39, 0.29) is 59.9 Å². The first-order chi connectivity index (χ1) is 31.1. The van der Waals surface area contributed by atoms with Crippen molar-refractivity contribution < 1.29 is 38.9 Å². The van der Waals surface area contributed by atoms with E-state index in [0.29, 0.717) is 43.2 Å². The van der Waals surface area contributed by atoms with Crippen LogP contribution in [0.4, 0.5) is 0 Å². The van der Waals surface area contributed by atoms with Gasteiger partial charge in [0.1, 0.15) is 12.3 Å². The summed E-state index contributed by atoms with van der Waals surface area (Å²) in [6.45, 7) is 14.3. The van der Waals surface area contributed by atoms with E-state index in [1.807, 2.05) is 66.6 Å². The van der Waals surface area contributed by atoms with Gasteiger partial charge >= 0.3 is 5.97 Å². The largest absolute Gasteiger partial charge is 0.481 e. The van der Waals surface area contributed by atoms with Crippen LogP contribution in [0.1, 0.15) is 123 Å². The molecule has 1 aromatic heterocycles. The number of aliphatic hydroxyl groups is 1. The predicted molar refractivity (Wildman–Crippen MR) is 256 cm³/mol. The second kappa shape index (κ2) is 27.8. The number of aliphatic carboxylic acids is 1. The van der Waals surface area contributed by atoms with Crippen LogP contribution in [-0.2, 0) is 35.1 Å². The van der Waals surface area contributed by atoms with E-state index in [1.165, 1.54) is 11.3 Å². The number of carboxylic acid groups (broad SMARTS) is 1. The van der Waals surface area contributed by atoms with E-state index in [1.54, 1.807) is 25.5 Å². The summed E-state index contributed by atoms with van der Waals surface area (Å²) in [5, 5.41) is 36.5. The summed E-state index contributed by atoms with van der Waals surface area (Å²) in [6.07, 6.45) is 12.4. The van der Waals surface area contributed by atoms with Crippen LogP contribution < -0.4 is 26.7 Å². The average molecular weight is 931 g/mol. The quantitative estimate of drug-likeness (QED) is 0.0777. The highest BCUT2D eigenvalue weighted by Gasteiger charge is 2.54. The second-order valence-corrected chi connectivity index (χ2v) is 19.9. The maximum absolute atomic E-state index is 13.3. The van der Waals surface area contributed by atoms with Crippen molar-refractivity contribution in [3.63, 3.8) is 0 Å². The molecule has 65 heavy (non-hydrogen) atoms. The van der Waals surface area contributed by atoms with E-state index >= 15 is 0 Å². The first kappa shape index (κ1) is 55.6. The number of hydrogen-bond donors (Lipinski definition) is 7. The Morgan fingerprint density at radius 1 is 0.969 bits per heavy atom. The topological polar surface area (TPSA) is 224 Å². The lowest BCUT2D eigenvalue weighted by Gasteiger charge is -2.32. The average Bonchev–Trinajstić information content (AvgIpc) is 3.50. The minimum atomic E-state index is -0.701. The number of aliphatic hydroxyl groups excluding tert-OH is 1. The van der Waals surface area contributed by atoms with Crippen molar-refractivity contribution in [3.8, 4) is 0 Å². The maximum Gasteiger partial charge on any atom is 0.307 e. The highest BCUT2D eigenvalue weighted by molar-refractivity contribution is 7.09. The monoisotopic (exact) mass is 931 g/mol. The molecule has 1 aromatic rings. The molecule has 5 rings (SSSR count). The van der Waals surface area contributed by atoms with Gasteiger partial charge in [0, 0.05) is 80.5 Å². The van der Waals surface area contributed by atoms with Crippen LogP contribution in [0.15, 0.2) is 21.8 Å². The summed E-state index contributed by atoms with van der Waals surface area (Å²) in [4.78, 5) is 68.4. The van der Waals surface area contributed by atoms with Crippen molar-refractivity contribution >= 4 is 47.5 Å². The fourth-order valence-electron chi connectivity index (χ4n) is 9.93. The van der Waals surface area contributed by atoms with Gasteiger partial charge in [-0.05, 0) is 102 Å². The Balaban J connectivity index is 0.000000343. The van der Waals surface area contributed by atoms with Gasteiger partial charge in [-0.2, -0.15) is 5.10 Å². The van der Waals surface area contributed by atoms with Gasteiger partial charge in [0.05, 0.1) is 35.5 Å². The number of ether oxygens (including phenoxy) is 1. The molecule has 7 N–H and O–H groups in total. The van der Waals surface area contributed by atoms with Crippen molar-refractivity contribution in [2.24, 2.45) is 46.5 Å². The molecule has 3 fully saturated rings. The molecule has 0 spiro atoms. The number of carboxylic acids is 1. The van der Waals surface area contributed by atoms with Crippen LogP contribution in [0.25, 0.3) is 0 Å². The van der Waals surface area contributed by atoms with Gasteiger partial charge in [-0.15, -0.1) is 11.3 Å². The number of nitrogens with one attached hydrogen (secondary N) is 5. The third-order valence-corrected chi connectivity index (χ3v) is 14.5. The predicted octanol–water partition coefficient (Wildman–Crippen LogP) is 4.84. The van der Waals surface area contributed by atoms with Crippen molar-refractivity contribution in [3.05, 3.63) is 27.4 Å². The summed E-state index contributed by atoms with van der Waals surface area (Å²) in [5.41, 5.74) is 7.01. The lowest BCUT2D eigenvalue weighted by molar-refractivity contribution is -0.139. The van der Waals surface area contributed by atoms with Gasteiger partial charge in [-0.1, -0.05) is 48.0 Å². The van der Waals surface area contributed by atoms with Crippen molar-refractivity contribution in [2.75, 3.05) is 34.9 Å². The molecule has 11 atom stereocenters. The number of fused-ring (bicyclic) bond motifs is 2. The Morgan fingerprint density at radius 3 is 2.22 bits per heavy atom. The smallest absolute Gasteiger partial charge is 0.307 e. The van der Waals surface area contributed by atoms with E-state index in [4.69, 9.17) is 9.84 Å². The van der Waals surface area contributed by atoms with Gasteiger partial charge in [0.15, 0.2) is 0 Å². The number of amides is 3. The highest BCUT2D eigenvalue weighted by atomic mass is 32.1. The SMILES string of the molecule is CCCC(NC(=O)C(NC(=O)C(NC)C(C)C)C(C)C)C(CC(=O)N1CCCC1CC(C)C=O)OC.CNC(CC1=C2CCC3C(CCC2C=NN1)C3C(=O)O)Cc1nc(C)cs1.CO. The summed E-state index contributed by atoms with van der Waals surface area (Å²) in [7, 11) is 6.30. The summed E-state index contributed by atoms with van der Waals surface area (Å²) < 4.78 is 5.73. The zero-order chi connectivity index (χ0) is 48.4. The zero-order valence-corrected chi connectivity index (χ0v) is 41.8. The van der Waals surface area contributed by atoms with E-state index in [2.05, 4.69) is 42.2 Å². The number of aromatic nitrogens is 1. The number of thiazole rings is 1. The minimum Gasteiger partial charge on any atom is -0.481 e. The lowest BCUT2D eigenvalue weighted by Crippen LogP contribution is -2.58. The minimum absolute atomic E-state index is 0.0136. The number of carbonyl (C=O) groups is 5. The van der Waals surface area contributed by atoms with Gasteiger partial charge < -0.3 is 45.9 Å². The van der Waals surface area contributed by atoms with Gasteiger partial charge in [-0.25, -0.2) is 4.98 Å². The molecule has 2 saturated carbocycles. The molecule has 17 heteroatoms. The Kier molecular flexibility index (Phi) is 23.7. The molecule has 2 aliphatic carbocycles. The number of rotatable bonds is 22. The summed E-state index contributed by atoms with van der Waals surface area (Å²) in [5.74, 6) is -0.238. The van der Waals surface area contributed by atoms with Crippen LogP contribution in [0, 0.1) is 48.3 Å². The fraction of sp³-hybridized carbons (Fsp3) is 0.771. The molecular weight excluding hydrogens is 849 g/mol. The normalized spacial score (nSPS) is 23.9. The second-order valence-electron chi connectivity index (χ2n) is 18.9. The molecular formula is C48H82N8O8S. The maximum atomic E-state index is 13.3. The number of methoxy groups -OCH3 is 1. The van der Waals surface area contributed by atoms with E-state index in [9.17, 15) is 29.1 Å². The Morgan fingerprint density at radius 2 is 1.65 bits per heavy atom. The molecule has 2 aliphatic heterocycles. The third kappa shape index (κ3) is 16.2. The van der Waals surface area contributed by atoms with Crippen LogP contribution in [-0.4, -0.2) is 127 Å². The highest BCUT2D eigenvalue weighted by Crippen LogP contribution is 2.55. The first-order valence-corrected chi connectivity index (χ1v) is 24.8. The molecule has 3 amide bonds. The molecule has 368 valence electrons. The number of nitrogens with zero attached hydrogens (tertiary/aromatic N) is 3. The molecule has 0 aromatic carbocycles. The van der Waals surface area contributed by atoms with Crippen molar-refractivity contribution in [2.45, 2.75) is 162 Å². The van der Waals surface area contributed by atoms with Crippen LogP contribution in [0.3, 0.4) is 0 Å². The van der Waals surface area contributed by atoms with Gasteiger partial charge in [0.25, 0.3) is 0 Å². The number of hydrazone groups is 1. The Hall–Kier alpha value is -3.77. The van der Waals surface area contributed by atoms with E-state index in [0.717, 1.165) is 81.9 Å². The lowest BCUT2D eigenvalue weighted by atomic mass is 9.84. The first-order valence-electron chi connectivity index (χ1n) is 23.9. The number of aryl methyl sites for hydroxylation is 1. The molecule has 0 bridgehead atoms. The third-order valence-electron chi connectivity index (χ3n) is 13.5. The van der Waals surface area contributed by atoms with Crippen LogP contribution in [0.2, 0.25) is 0 Å².